The molecule has 0 aromatic rings. The van der Waals surface area contributed by atoms with Crippen LogP contribution in [0.4, 0.5) is 0 Å². The van der Waals surface area contributed by atoms with E-state index in [0.717, 1.165) is 121 Å². The Balaban J connectivity index is 5.25. The van der Waals surface area contributed by atoms with Gasteiger partial charge in [0, 0.05) is 25.7 Å². The predicted octanol–water partition coefficient (Wildman–Crippen LogP) is 17.3. The minimum absolute atomic E-state index is 0.0846. The van der Waals surface area contributed by atoms with Crippen LogP contribution in [-0.4, -0.2) is 96.7 Å². The van der Waals surface area contributed by atoms with Gasteiger partial charge in [0.25, 0.3) is 0 Å². The van der Waals surface area contributed by atoms with Crippen molar-refractivity contribution in [2.75, 3.05) is 39.6 Å². The van der Waals surface area contributed by atoms with Crippen LogP contribution in [0.15, 0.2) is 24.3 Å². The SMILES string of the molecule is CCCCCC/C=C\C=C/CCCCCCCC(=O)O[C@H](COC(=O)CCCCCCCCCCCC(C)C)COP(=O)(O)OC[C@@H](O)COP(=O)(O)OC[C@@H](COC(=O)CCCCCCCCC)OC(=O)CCCCCCCCCCC. The highest BCUT2D eigenvalue weighted by molar-refractivity contribution is 7.47. The fraction of sp³-hybridized carbons (Fsp3) is 0.875. The van der Waals surface area contributed by atoms with Crippen molar-refractivity contribution in [1.82, 2.24) is 0 Å². The Morgan fingerprint density at radius 3 is 0.988 bits per heavy atom. The number of hydrogen-bond acceptors (Lipinski definition) is 15. The molecule has 0 bridgehead atoms. The summed E-state index contributed by atoms with van der Waals surface area (Å²) in [4.78, 5) is 72.0. The molecule has 83 heavy (non-hydrogen) atoms. The molecular weight excluding hydrogens is 1100 g/mol. The molecule has 0 aliphatic rings. The normalized spacial score (nSPS) is 14.4. The Labute approximate surface area is 503 Å². The van der Waals surface area contributed by atoms with Crippen LogP contribution in [0.25, 0.3) is 0 Å². The molecule has 0 radical (unpaired) electrons. The Morgan fingerprint density at radius 2 is 0.651 bits per heavy atom. The maximum absolute atomic E-state index is 13.0. The second-order valence-corrected chi connectivity index (χ2v) is 25.8. The summed E-state index contributed by atoms with van der Waals surface area (Å²) < 4.78 is 67.8. The third-order valence-corrected chi connectivity index (χ3v) is 16.1. The first-order valence-corrected chi connectivity index (χ1v) is 35.9. The van der Waals surface area contributed by atoms with Gasteiger partial charge in [-0.2, -0.15) is 0 Å². The van der Waals surface area contributed by atoms with E-state index in [1.165, 1.54) is 96.3 Å². The molecule has 0 saturated carbocycles. The van der Waals surface area contributed by atoms with E-state index in [4.69, 9.17) is 37.0 Å². The molecular formula is C64H120O17P2. The number of esters is 4. The fourth-order valence-electron chi connectivity index (χ4n) is 9.04. The van der Waals surface area contributed by atoms with Crippen molar-refractivity contribution in [3.63, 3.8) is 0 Å². The van der Waals surface area contributed by atoms with E-state index in [9.17, 15) is 43.2 Å². The third-order valence-electron chi connectivity index (χ3n) is 14.2. The summed E-state index contributed by atoms with van der Waals surface area (Å²) in [5.74, 6) is -1.43. The number of aliphatic hydroxyl groups is 1. The lowest BCUT2D eigenvalue weighted by molar-refractivity contribution is -0.161. The number of hydrogen-bond donors (Lipinski definition) is 3. The molecule has 5 atom stereocenters. The van der Waals surface area contributed by atoms with Gasteiger partial charge < -0.3 is 33.8 Å². The summed E-state index contributed by atoms with van der Waals surface area (Å²) in [6.45, 7) is 7.05. The average Bonchev–Trinajstić information content (AvgIpc) is 3.47. The molecule has 0 saturated heterocycles. The van der Waals surface area contributed by atoms with Crippen molar-refractivity contribution in [1.29, 1.82) is 0 Å². The summed E-state index contributed by atoms with van der Waals surface area (Å²) in [7, 11) is -9.89. The minimum Gasteiger partial charge on any atom is -0.462 e. The van der Waals surface area contributed by atoms with Gasteiger partial charge in [-0.25, -0.2) is 9.13 Å². The van der Waals surface area contributed by atoms with Crippen LogP contribution in [0, 0.1) is 5.92 Å². The van der Waals surface area contributed by atoms with Crippen LogP contribution in [0.5, 0.6) is 0 Å². The lowest BCUT2D eigenvalue weighted by Crippen LogP contribution is -2.30. The zero-order valence-electron chi connectivity index (χ0n) is 52.8. The molecule has 0 fully saturated rings. The number of phosphoric ester groups is 2. The van der Waals surface area contributed by atoms with E-state index in [1.54, 1.807) is 0 Å². The van der Waals surface area contributed by atoms with Gasteiger partial charge in [-0.05, 0) is 57.3 Å². The quantitative estimate of drug-likeness (QED) is 0.0169. The maximum Gasteiger partial charge on any atom is 0.472 e. The molecule has 0 aliphatic carbocycles. The van der Waals surface area contributed by atoms with E-state index in [2.05, 4.69) is 58.9 Å². The Bertz CT molecular complexity index is 1710. The number of unbranched alkanes of at least 4 members (excludes halogenated alkanes) is 31. The number of rotatable bonds is 62. The van der Waals surface area contributed by atoms with Crippen LogP contribution in [0.1, 0.15) is 298 Å². The number of ether oxygens (including phenoxy) is 4. The monoisotopic (exact) mass is 1220 g/mol. The Morgan fingerprint density at radius 1 is 0.373 bits per heavy atom. The molecule has 0 aromatic carbocycles. The van der Waals surface area contributed by atoms with Crippen LogP contribution in [-0.2, 0) is 65.4 Å². The summed E-state index contributed by atoms with van der Waals surface area (Å²) >= 11 is 0. The predicted molar refractivity (Wildman–Crippen MR) is 331 cm³/mol. The van der Waals surface area contributed by atoms with Crippen LogP contribution in [0.2, 0.25) is 0 Å². The molecule has 0 amide bonds. The molecule has 3 N–H and O–H groups in total. The minimum atomic E-state index is -4.95. The van der Waals surface area contributed by atoms with Gasteiger partial charge >= 0.3 is 39.5 Å². The van der Waals surface area contributed by atoms with Crippen molar-refractivity contribution in [2.24, 2.45) is 5.92 Å². The van der Waals surface area contributed by atoms with E-state index in [-0.39, 0.29) is 25.7 Å². The summed E-state index contributed by atoms with van der Waals surface area (Å²) in [5.41, 5.74) is 0. The van der Waals surface area contributed by atoms with Gasteiger partial charge in [-0.3, -0.25) is 37.3 Å². The second-order valence-electron chi connectivity index (χ2n) is 22.9. The Hall–Kier alpha value is -2.46. The highest BCUT2D eigenvalue weighted by Gasteiger charge is 2.30. The van der Waals surface area contributed by atoms with E-state index in [1.807, 2.05) is 0 Å². The standard InChI is InChI=1S/C64H120O17P2/c1-6-9-12-15-18-20-21-22-23-24-25-29-35-40-45-50-64(69)81-60(54-75-62(67)48-43-38-33-30-26-28-32-36-41-46-57(4)5)56-79-83(72,73)77-52-58(65)51-76-82(70,71)78-55-59(53-74-61(66)47-42-37-31-17-14-11-8-3)80-63(68)49-44-39-34-27-19-16-13-10-7-2/h20-23,57-60,65H,6-19,24-56H2,1-5H3,(H,70,71)(H,72,73)/b21-20-,23-22-/t58-,59+,60+/m0/s1. The zero-order valence-corrected chi connectivity index (χ0v) is 54.6. The van der Waals surface area contributed by atoms with Crippen molar-refractivity contribution < 1.29 is 80.2 Å². The molecule has 0 aromatic heterocycles. The van der Waals surface area contributed by atoms with Gasteiger partial charge in [-0.1, -0.05) is 245 Å². The maximum atomic E-state index is 13.0. The molecule has 488 valence electrons. The molecule has 0 spiro atoms. The topological polar surface area (TPSA) is 237 Å². The van der Waals surface area contributed by atoms with Gasteiger partial charge in [0.2, 0.25) is 0 Å². The number of aliphatic hydroxyl groups excluding tert-OH is 1. The van der Waals surface area contributed by atoms with Gasteiger partial charge in [0.1, 0.15) is 19.3 Å². The second kappa shape index (κ2) is 57.3. The molecule has 19 heteroatoms. The molecule has 0 heterocycles. The van der Waals surface area contributed by atoms with Crippen LogP contribution in [0.3, 0.4) is 0 Å². The van der Waals surface area contributed by atoms with Crippen molar-refractivity contribution in [3.8, 4) is 0 Å². The third kappa shape index (κ3) is 58.3. The zero-order chi connectivity index (χ0) is 61.3. The molecule has 2 unspecified atom stereocenters. The lowest BCUT2D eigenvalue weighted by Gasteiger charge is -2.21. The summed E-state index contributed by atoms with van der Waals surface area (Å²) in [6.07, 6.45) is 44.0. The van der Waals surface area contributed by atoms with E-state index >= 15 is 0 Å². The van der Waals surface area contributed by atoms with Crippen LogP contribution >= 0.6 is 15.6 Å². The first-order chi connectivity index (χ1) is 40.0. The molecule has 0 rings (SSSR count). The Kier molecular flexibility index (Phi) is 55.6. The summed E-state index contributed by atoms with van der Waals surface area (Å²) in [6, 6.07) is 0. The van der Waals surface area contributed by atoms with Gasteiger partial charge in [0.15, 0.2) is 12.2 Å². The van der Waals surface area contributed by atoms with E-state index < -0.39 is 97.5 Å². The van der Waals surface area contributed by atoms with Crippen molar-refractivity contribution >= 4 is 39.5 Å². The van der Waals surface area contributed by atoms with Crippen LogP contribution < -0.4 is 0 Å². The molecule has 0 aliphatic heterocycles. The fourth-order valence-corrected chi connectivity index (χ4v) is 10.6. The summed E-state index contributed by atoms with van der Waals surface area (Å²) in [5, 5.41) is 10.5. The van der Waals surface area contributed by atoms with E-state index in [0.29, 0.717) is 25.7 Å². The lowest BCUT2D eigenvalue weighted by atomic mass is 10.0. The highest BCUT2D eigenvalue weighted by atomic mass is 31.2. The van der Waals surface area contributed by atoms with Gasteiger partial charge in [0.05, 0.1) is 26.4 Å². The van der Waals surface area contributed by atoms with Crippen molar-refractivity contribution in [2.45, 2.75) is 316 Å². The number of carbonyl (C=O) groups is 4. The first kappa shape index (κ1) is 80.5. The van der Waals surface area contributed by atoms with Gasteiger partial charge in [-0.15, -0.1) is 0 Å². The number of phosphoric acid groups is 2. The first-order valence-electron chi connectivity index (χ1n) is 33.0. The molecule has 17 nitrogen and oxygen atoms in total. The smallest absolute Gasteiger partial charge is 0.462 e. The largest absolute Gasteiger partial charge is 0.472 e. The number of carbonyl (C=O) groups excluding carboxylic acids is 4. The highest BCUT2D eigenvalue weighted by Crippen LogP contribution is 2.45. The van der Waals surface area contributed by atoms with Crippen molar-refractivity contribution in [3.05, 3.63) is 24.3 Å². The average molecular weight is 1220 g/mol. The number of allylic oxidation sites excluding steroid dienone is 4.